The van der Waals surface area contributed by atoms with Crippen molar-refractivity contribution >= 4 is 11.8 Å². The first-order chi connectivity index (χ1) is 13.0. The Kier molecular flexibility index (Phi) is 5.55. The molecule has 0 bridgehead atoms. The number of carbonyl (C=O) groups excluding carboxylic acids is 2. The molecule has 0 saturated carbocycles. The van der Waals surface area contributed by atoms with Gasteiger partial charge in [0.2, 0.25) is 17.7 Å². The van der Waals surface area contributed by atoms with Crippen LogP contribution in [0.1, 0.15) is 28.2 Å². The van der Waals surface area contributed by atoms with Crippen LogP contribution in [0.3, 0.4) is 0 Å². The molecular formula is C19H17FN4O3. The number of rotatable bonds is 5. The van der Waals surface area contributed by atoms with Crippen molar-refractivity contribution in [3.63, 3.8) is 0 Å². The van der Waals surface area contributed by atoms with Crippen LogP contribution in [0.25, 0.3) is 11.5 Å². The SMILES string of the molecule is Cc1ccc(-c2nnc(CCC(=O)NNC(=O)c3ccc(F)cc3)o2)cc1. The summed E-state index contributed by atoms with van der Waals surface area (Å²) in [4.78, 5) is 23.7. The Balaban J connectivity index is 1.47. The molecule has 0 saturated heterocycles. The van der Waals surface area contributed by atoms with E-state index in [1.54, 1.807) is 0 Å². The Morgan fingerprint density at radius 1 is 1.00 bits per heavy atom. The summed E-state index contributed by atoms with van der Waals surface area (Å²) in [6, 6.07) is 12.6. The van der Waals surface area contributed by atoms with Crippen LogP contribution in [0.5, 0.6) is 0 Å². The molecule has 0 atom stereocenters. The van der Waals surface area contributed by atoms with Crippen LogP contribution < -0.4 is 10.9 Å². The lowest BCUT2D eigenvalue weighted by atomic mass is 10.1. The molecule has 0 radical (unpaired) electrons. The van der Waals surface area contributed by atoms with E-state index in [9.17, 15) is 14.0 Å². The van der Waals surface area contributed by atoms with Gasteiger partial charge in [-0.2, -0.15) is 0 Å². The van der Waals surface area contributed by atoms with E-state index in [0.29, 0.717) is 11.8 Å². The average Bonchev–Trinajstić information content (AvgIpc) is 3.14. The van der Waals surface area contributed by atoms with Crippen molar-refractivity contribution in [3.05, 3.63) is 71.4 Å². The fourth-order valence-corrected chi connectivity index (χ4v) is 2.25. The van der Waals surface area contributed by atoms with Crippen LogP contribution in [0, 0.1) is 12.7 Å². The molecule has 0 fully saturated rings. The summed E-state index contributed by atoms with van der Waals surface area (Å²) >= 11 is 0. The molecule has 2 N–H and O–H groups in total. The second-order valence-corrected chi connectivity index (χ2v) is 5.88. The highest BCUT2D eigenvalue weighted by atomic mass is 19.1. The fraction of sp³-hybridized carbons (Fsp3) is 0.158. The molecule has 3 aromatic rings. The Morgan fingerprint density at radius 3 is 2.41 bits per heavy atom. The van der Waals surface area contributed by atoms with Crippen molar-refractivity contribution in [2.75, 3.05) is 0 Å². The molecule has 0 aliphatic heterocycles. The Labute approximate surface area is 154 Å². The lowest BCUT2D eigenvalue weighted by Gasteiger charge is -2.06. The molecule has 1 heterocycles. The maximum Gasteiger partial charge on any atom is 0.269 e. The lowest BCUT2D eigenvalue weighted by Crippen LogP contribution is -2.41. The molecule has 2 aromatic carbocycles. The Hall–Kier alpha value is -3.55. The van der Waals surface area contributed by atoms with Crippen LogP contribution in [0.15, 0.2) is 52.9 Å². The number of benzene rings is 2. The number of carbonyl (C=O) groups is 2. The predicted octanol–water partition coefficient (Wildman–Crippen LogP) is 2.58. The molecule has 2 amide bonds. The number of nitrogens with zero attached hydrogens (tertiary/aromatic N) is 2. The third-order valence-electron chi connectivity index (χ3n) is 3.75. The van der Waals surface area contributed by atoms with Crippen molar-refractivity contribution < 1.29 is 18.4 Å². The van der Waals surface area contributed by atoms with Gasteiger partial charge in [0.15, 0.2) is 0 Å². The third kappa shape index (κ3) is 4.97. The Bertz CT molecular complexity index is 936. The predicted molar refractivity (Wildman–Crippen MR) is 94.8 cm³/mol. The minimum absolute atomic E-state index is 0.0548. The number of aryl methyl sites for hydroxylation is 2. The van der Waals surface area contributed by atoms with E-state index in [-0.39, 0.29) is 18.4 Å². The monoisotopic (exact) mass is 368 g/mol. The van der Waals surface area contributed by atoms with Crippen molar-refractivity contribution in [2.24, 2.45) is 0 Å². The van der Waals surface area contributed by atoms with E-state index >= 15 is 0 Å². The van der Waals surface area contributed by atoms with E-state index in [0.717, 1.165) is 23.3 Å². The van der Waals surface area contributed by atoms with Gasteiger partial charge < -0.3 is 4.42 Å². The number of hydrazine groups is 1. The minimum Gasteiger partial charge on any atom is -0.421 e. The van der Waals surface area contributed by atoms with Crippen LogP contribution in [0.4, 0.5) is 4.39 Å². The first kappa shape index (κ1) is 18.2. The molecular weight excluding hydrogens is 351 g/mol. The zero-order valence-corrected chi connectivity index (χ0v) is 14.5. The molecule has 27 heavy (non-hydrogen) atoms. The highest BCUT2D eigenvalue weighted by Gasteiger charge is 2.12. The fourth-order valence-electron chi connectivity index (χ4n) is 2.25. The summed E-state index contributed by atoms with van der Waals surface area (Å²) in [5, 5.41) is 7.88. The van der Waals surface area contributed by atoms with Gasteiger partial charge in [-0.3, -0.25) is 20.4 Å². The second kappa shape index (κ2) is 8.22. The summed E-state index contributed by atoms with van der Waals surface area (Å²) < 4.78 is 18.4. The Morgan fingerprint density at radius 2 is 1.70 bits per heavy atom. The molecule has 0 spiro atoms. The van der Waals surface area contributed by atoms with E-state index in [4.69, 9.17) is 4.42 Å². The van der Waals surface area contributed by atoms with Gasteiger partial charge in [-0.1, -0.05) is 17.7 Å². The minimum atomic E-state index is -0.539. The standard InChI is InChI=1S/C19H17FN4O3/c1-12-2-4-14(5-3-12)19-24-22-17(27-19)11-10-16(25)21-23-18(26)13-6-8-15(20)9-7-13/h2-9H,10-11H2,1H3,(H,21,25)(H,23,26). The van der Waals surface area contributed by atoms with E-state index < -0.39 is 17.6 Å². The van der Waals surface area contributed by atoms with Crippen LogP contribution in [-0.4, -0.2) is 22.0 Å². The van der Waals surface area contributed by atoms with Gasteiger partial charge in [0.25, 0.3) is 5.91 Å². The quantitative estimate of drug-likeness (QED) is 0.675. The largest absolute Gasteiger partial charge is 0.421 e. The van der Waals surface area contributed by atoms with Gasteiger partial charge in [-0.05, 0) is 43.3 Å². The van der Waals surface area contributed by atoms with E-state index in [2.05, 4.69) is 21.0 Å². The molecule has 8 heteroatoms. The van der Waals surface area contributed by atoms with E-state index in [1.165, 1.54) is 12.1 Å². The van der Waals surface area contributed by atoms with Crippen LogP contribution in [0.2, 0.25) is 0 Å². The molecule has 0 unspecified atom stereocenters. The first-order valence-electron chi connectivity index (χ1n) is 8.25. The first-order valence-corrected chi connectivity index (χ1v) is 8.25. The average molecular weight is 368 g/mol. The van der Waals surface area contributed by atoms with Gasteiger partial charge in [0.1, 0.15) is 5.82 Å². The number of halogens is 1. The number of hydrogen-bond donors (Lipinski definition) is 2. The summed E-state index contributed by atoms with van der Waals surface area (Å²) in [5.74, 6) is -0.691. The van der Waals surface area contributed by atoms with Gasteiger partial charge in [0.05, 0.1) is 0 Å². The van der Waals surface area contributed by atoms with Gasteiger partial charge in [-0.15, -0.1) is 10.2 Å². The molecule has 138 valence electrons. The zero-order chi connectivity index (χ0) is 19.2. The maximum atomic E-state index is 12.8. The maximum absolute atomic E-state index is 12.8. The summed E-state index contributed by atoms with van der Waals surface area (Å²) in [5.41, 5.74) is 6.71. The van der Waals surface area contributed by atoms with Crippen molar-refractivity contribution in [3.8, 4) is 11.5 Å². The van der Waals surface area contributed by atoms with E-state index in [1.807, 2.05) is 31.2 Å². The molecule has 7 nitrogen and oxygen atoms in total. The number of hydrogen-bond acceptors (Lipinski definition) is 5. The van der Waals surface area contributed by atoms with Crippen LogP contribution >= 0.6 is 0 Å². The van der Waals surface area contributed by atoms with Crippen molar-refractivity contribution in [2.45, 2.75) is 19.8 Å². The van der Waals surface area contributed by atoms with Crippen molar-refractivity contribution in [1.82, 2.24) is 21.0 Å². The smallest absolute Gasteiger partial charge is 0.269 e. The normalized spacial score (nSPS) is 10.4. The summed E-state index contributed by atoms with van der Waals surface area (Å²) in [7, 11) is 0. The lowest BCUT2D eigenvalue weighted by molar-refractivity contribution is -0.121. The second-order valence-electron chi connectivity index (χ2n) is 5.88. The van der Waals surface area contributed by atoms with Gasteiger partial charge in [-0.25, -0.2) is 4.39 Å². The highest BCUT2D eigenvalue weighted by molar-refractivity contribution is 5.95. The topological polar surface area (TPSA) is 97.1 Å². The molecule has 0 aliphatic rings. The molecule has 1 aromatic heterocycles. The summed E-state index contributed by atoms with van der Waals surface area (Å²) in [6.07, 6.45) is 0.288. The van der Waals surface area contributed by atoms with Crippen molar-refractivity contribution in [1.29, 1.82) is 0 Å². The van der Waals surface area contributed by atoms with Gasteiger partial charge >= 0.3 is 0 Å². The van der Waals surface area contributed by atoms with Crippen LogP contribution in [-0.2, 0) is 11.2 Å². The highest BCUT2D eigenvalue weighted by Crippen LogP contribution is 2.18. The zero-order valence-electron chi connectivity index (χ0n) is 14.5. The molecule has 3 rings (SSSR count). The third-order valence-corrected chi connectivity index (χ3v) is 3.75. The molecule has 0 aliphatic carbocycles. The van der Waals surface area contributed by atoms with Gasteiger partial charge in [0, 0.05) is 24.0 Å². The number of aromatic nitrogens is 2. The summed E-state index contributed by atoms with van der Waals surface area (Å²) in [6.45, 7) is 1.98. The number of nitrogens with one attached hydrogen (secondary N) is 2. The number of amides is 2.